The van der Waals surface area contributed by atoms with Crippen LogP contribution in [0.15, 0.2) is 17.5 Å². The molecule has 15 heteroatoms. The first-order valence-electron chi connectivity index (χ1n) is 15.7. The van der Waals surface area contributed by atoms with Crippen LogP contribution < -0.4 is 14.6 Å². The van der Waals surface area contributed by atoms with Crippen LogP contribution in [0, 0.1) is 0 Å². The van der Waals surface area contributed by atoms with Gasteiger partial charge in [0.05, 0.1) is 24.1 Å². The van der Waals surface area contributed by atoms with Crippen LogP contribution >= 0.6 is 34.3 Å². The molecule has 2 N–H and O–H groups in total. The Kier molecular flexibility index (Phi) is 11.9. The average molecular weight is 744 g/mol. The number of anilines is 1. The van der Waals surface area contributed by atoms with Gasteiger partial charge in [-0.2, -0.15) is 4.98 Å². The minimum absolute atomic E-state index is 0.0399. The third-order valence-electron chi connectivity index (χ3n) is 8.66. The van der Waals surface area contributed by atoms with E-state index in [1.165, 1.54) is 27.6 Å². The zero-order chi connectivity index (χ0) is 35.8. The summed E-state index contributed by atoms with van der Waals surface area (Å²) < 4.78 is 19.7. The molecular weight excluding hydrogens is 692 g/mol. The van der Waals surface area contributed by atoms with E-state index in [0.29, 0.717) is 22.4 Å². The largest absolute Gasteiger partial charge is 0.541 e. The van der Waals surface area contributed by atoms with Crippen LogP contribution in [0.4, 0.5) is 15.4 Å². The third kappa shape index (κ3) is 10.1. The van der Waals surface area contributed by atoms with Crippen molar-refractivity contribution in [1.82, 2.24) is 15.3 Å². The number of thiophene rings is 2. The number of carbonyl (C=O) groups excluding carboxylic acids is 1. The fourth-order valence-electron chi connectivity index (χ4n) is 3.96. The van der Waals surface area contributed by atoms with E-state index in [9.17, 15) is 14.7 Å². The number of fused-ring (bicyclic) bond motifs is 1. The van der Waals surface area contributed by atoms with Crippen LogP contribution in [0.2, 0.25) is 41.5 Å². The van der Waals surface area contributed by atoms with E-state index in [2.05, 4.69) is 83.0 Å². The maximum Gasteiger partial charge on any atom is 0.413 e. The smallest absolute Gasteiger partial charge is 0.413 e. The summed E-state index contributed by atoms with van der Waals surface area (Å²) >= 11 is 9.32. The predicted molar refractivity (Wildman–Crippen MR) is 199 cm³/mol. The molecule has 1 atom stereocenters. The number of carboxylic acid groups (broad SMARTS) is 1. The van der Waals surface area contributed by atoms with E-state index in [-0.39, 0.29) is 34.3 Å². The van der Waals surface area contributed by atoms with Crippen molar-refractivity contribution in [2.45, 2.75) is 123 Å². The van der Waals surface area contributed by atoms with Crippen LogP contribution in [0.1, 0.15) is 72.1 Å². The number of nitrogens with zero attached hydrogens (tertiary/aromatic N) is 3. The van der Waals surface area contributed by atoms with Gasteiger partial charge in [0.2, 0.25) is 5.28 Å². The van der Waals surface area contributed by atoms with Crippen molar-refractivity contribution < 1.29 is 28.3 Å². The molecule has 0 aliphatic rings. The molecule has 1 unspecified atom stereocenters. The Balaban J connectivity index is 2.21. The van der Waals surface area contributed by atoms with Crippen molar-refractivity contribution in [2.24, 2.45) is 0 Å². The van der Waals surface area contributed by atoms with Gasteiger partial charge in [-0.25, -0.2) is 14.6 Å². The Morgan fingerprint density at radius 1 is 1.02 bits per heavy atom. The van der Waals surface area contributed by atoms with Gasteiger partial charge in [-0.05, 0) is 80.1 Å². The maximum absolute atomic E-state index is 13.1. The first-order chi connectivity index (χ1) is 21.3. The molecule has 0 fully saturated rings. The molecule has 47 heavy (non-hydrogen) atoms. The molecule has 0 bridgehead atoms. The summed E-state index contributed by atoms with van der Waals surface area (Å²) in [5.41, 5.74) is -0.240. The van der Waals surface area contributed by atoms with Crippen LogP contribution in [0.3, 0.4) is 0 Å². The normalized spacial score (nSPS) is 13.8. The van der Waals surface area contributed by atoms with E-state index in [1.54, 1.807) is 0 Å². The second kappa shape index (κ2) is 14.3. The topological polar surface area (TPSA) is 123 Å². The molecule has 262 valence electrons. The number of nitrogens with one attached hydrogen (secondary N) is 1. The van der Waals surface area contributed by atoms with Crippen LogP contribution in [-0.4, -0.2) is 62.1 Å². The van der Waals surface area contributed by atoms with Gasteiger partial charge in [0.25, 0.3) is 8.32 Å². The molecule has 2 amide bonds. The lowest BCUT2D eigenvalue weighted by Gasteiger charge is -2.38. The van der Waals surface area contributed by atoms with Gasteiger partial charge in [-0.3, -0.25) is 4.90 Å². The number of alkyl carbamates (subject to hydrolysis) is 1. The van der Waals surface area contributed by atoms with Gasteiger partial charge < -0.3 is 24.0 Å². The Hall–Kier alpha value is -2.24. The van der Waals surface area contributed by atoms with Crippen LogP contribution in [-0.2, 0) is 22.1 Å². The van der Waals surface area contributed by atoms with E-state index in [1.807, 2.05) is 38.3 Å². The average Bonchev–Trinajstić information content (AvgIpc) is 3.51. The molecule has 3 aromatic rings. The molecule has 3 rings (SSSR count). The summed E-state index contributed by atoms with van der Waals surface area (Å²) in [6.45, 7) is 27.4. The second-order valence-corrected chi connectivity index (χ2v) is 27.8. The predicted octanol–water partition coefficient (Wildman–Crippen LogP) is 9.93. The van der Waals surface area contributed by atoms with Gasteiger partial charge in [-0.15, -0.1) is 22.7 Å². The summed E-state index contributed by atoms with van der Waals surface area (Å²) in [5.74, 6) is 0.721. The number of rotatable bonds is 11. The Bertz CT molecular complexity index is 1560. The molecule has 0 aromatic carbocycles. The van der Waals surface area contributed by atoms with Crippen molar-refractivity contribution >= 4 is 79.1 Å². The maximum atomic E-state index is 13.1. The van der Waals surface area contributed by atoms with Crippen LogP contribution in [0.5, 0.6) is 5.75 Å². The lowest BCUT2D eigenvalue weighted by atomic mass is 10.1. The Labute approximate surface area is 294 Å². The fraction of sp³-hybridized carbons (Fsp3) is 0.625. The molecular formula is C32H51ClN4O6S2Si2. The highest BCUT2D eigenvalue weighted by Crippen LogP contribution is 2.47. The molecule has 0 aliphatic carbocycles. The van der Waals surface area contributed by atoms with Gasteiger partial charge in [-0.1, -0.05) is 47.6 Å². The minimum atomic E-state index is -2.44. The lowest BCUT2D eigenvalue weighted by Crippen LogP contribution is -2.48. The van der Waals surface area contributed by atoms with Crippen molar-refractivity contribution in [3.63, 3.8) is 0 Å². The van der Waals surface area contributed by atoms with Gasteiger partial charge in [0, 0.05) is 11.3 Å². The van der Waals surface area contributed by atoms with E-state index in [0.717, 1.165) is 9.75 Å². The molecule has 0 saturated heterocycles. The third-order valence-corrected chi connectivity index (χ3v) is 19.7. The second-order valence-electron chi connectivity index (χ2n) is 15.8. The van der Waals surface area contributed by atoms with E-state index in [4.69, 9.17) is 25.2 Å². The minimum Gasteiger partial charge on any atom is -0.541 e. The SMILES string of the molecule is CC(C)(C)OC(=O)NC(CO[Si](C)(C)C(C)(C)C)Cc1sc2c(N(Cc3cccs3)C(=O)O)nc(Cl)nc2c1O[Si](C)(C)C(C)(C)C. The summed E-state index contributed by atoms with van der Waals surface area (Å²) in [6.07, 6.45) is -1.39. The fourth-order valence-corrected chi connectivity index (χ4v) is 8.22. The van der Waals surface area contributed by atoms with Gasteiger partial charge >= 0.3 is 12.2 Å². The van der Waals surface area contributed by atoms with Crippen molar-refractivity contribution in [3.8, 4) is 5.75 Å². The van der Waals surface area contributed by atoms with Crippen molar-refractivity contribution in [3.05, 3.63) is 32.6 Å². The molecule has 0 saturated carbocycles. The first-order valence-corrected chi connectivity index (χ1v) is 23.5. The molecule has 10 nitrogen and oxygen atoms in total. The Morgan fingerprint density at radius 2 is 1.64 bits per heavy atom. The highest BCUT2D eigenvalue weighted by molar-refractivity contribution is 7.20. The highest BCUT2D eigenvalue weighted by atomic mass is 35.5. The van der Waals surface area contributed by atoms with E-state index < -0.39 is 40.5 Å². The number of halogens is 1. The molecule has 3 heterocycles. The Morgan fingerprint density at radius 3 is 2.15 bits per heavy atom. The van der Waals surface area contributed by atoms with Crippen molar-refractivity contribution in [1.29, 1.82) is 0 Å². The summed E-state index contributed by atoms with van der Waals surface area (Å²) in [7, 11) is -4.63. The first kappa shape index (κ1) is 39.2. The number of amides is 2. The number of hydrogen-bond donors (Lipinski definition) is 2. The summed E-state index contributed by atoms with van der Waals surface area (Å²) in [5, 5.41) is 15.0. The quantitative estimate of drug-likeness (QED) is 0.147. The zero-order valence-electron chi connectivity index (χ0n) is 30.0. The van der Waals surface area contributed by atoms with E-state index >= 15 is 0 Å². The van der Waals surface area contributed by atoms with Crippen LogP contribution in [0.25, 0.3) is 10.2 Å². The van der Waals surface area contributed by atoms with Gasteiger partial charge in [0.15, 0.2) is 14.1 Å². The molecule has 0 spiro atoms. The monoisotopic (exact) mass is 742 g/mol. The number of carbonyl (C=O) groups is 2. The molecule has 0 aliphatic heterocycles. The molecule has 3 aromatic heterocycles. The van der Waals surface area contributed by atoms with Crippen molar-refractivity contribution in [2.75, 3.05) is 11.5 Å². The standard InChI is InChI=1S/C32H51ClN4O6S2Si2/c1-30(2,3)42-28(38)34-20(19-41-46(10,11)31(4,5)6)17-22-24(43-47(12,13)32(7,8)9)23-25(45-22)26(36-27(33)35-23)37(29(39)40)18-21-15-14-16-44-21/h14-16,20H,17-19H2,1-13H3,(H,34,38)(H,39,40). The summed E-state index contributed by atoms with van der Waals surface area (Å²) in [4.78, 5) is 37.6. The van der Waals surface area contributed by atoms with Gasteiger partial charge in [0.1, 0.15) is 21.6 Å². The zero-order valence-corrected chi connectivity index (χ0v) is 34.3. The highest BCUT2D eigenvalue weighted by Gasteiger charge is 2.42. The molecule has 0 radical (unpaired) electrons. The number of hydrogen-bond acceptors (Lipinski definition) is 9. The number of aromatic nitrogens is 2. The number of ether oxygens (including phenoxy) is 1. The summed E-state index contributed by atoms with van der Waals surface area (Å²) in [6, 6.07) is 3.27. The lowest BCUT2D eigenvalue weighted by molar-refractivity contribution is 0.0485.